The van der Waals surface area contributed by atoms with Gasteiger partial charge >= 0.3 is 6.18 Å². The number of anilines is 1. The summed E-state index contributed by atoms with van der Waals surface area (Å²) in [7, 11) is 1.82. The predicted octanol–water partition coefficient (Wildman–Crippen LogP) is 3.36. The topological polar surface area (TPSA) is 85.3 Å². The van der Waals surface area contributed by atoms with Gasteiger partial charge in [-0.1, -0.05) is 0 Å². The average Bonchev–Trinajstić information content (AvgIpc) is 2.84. The highest BCUT2D eigenvalue weighted by molar-refractivity contribution is 5.72. The molecule has 1 N–H and O–H groups in total. The van der Waals surface area contributed by atoms with Crippen molar-refractivity contribution in [2.45, 2.75) is 13.1 Å². The fraction of sp³-hybridized carbons (Fsp3) is 0.391. The molecular formula is C23H25F3N6O2. The van der Waals surface area contributed by atoms with Gasteiger partial charge in [-0.15, -0.1) is 0 Å². The number of nitrogens with one attached hydrogen (secondary N) is 1. The van der Waals surface area contributed by atoms with E-state index in [9.17, 15) is 13.2 Å². The van der Waals surface area contributed by atoms with E-state index in [1.807, 2.05) is 11.9 Å². The second-order valence-corrected chi connectivity index (χ2v) is 7.77. The number of halogens is 3. The highest BCUT2D eigenvalue weighted by Crippen LogP contribution is 2.38. The summed E-state index contributed by atoms with van der Waals surface area (Å²) in [6.07, 6.45) is -0.174. The van der Waals surface area contributed by atoms with Crippen LogP contribution in [-0.4, -0.2) is 66.4 Å². The Morgan fingerprint density at radius 2 is 1.82 bits per heavy atom. The van der Waals surface area contributed by atoms with Crippen LogP contribution in [0.3, 0.4) is 0 Å². The van der Waals surface area contributed by atoms with Crippen LogP contribution in [0.2, 0.25) is 0 Å². The molecule has 34 heavy (non-hydrogen) atoms. The number of nitrogens with zero attached hydrogens (tertiary/aromatic N) is 5. The summed E-state index contributed by atoms with van der Waals surface area (Å²) in [6.45, 7) is 4.66. The van der Waals surface area contributed by atoms with E-state index in [0.29, 0.717) is 62.4 Å². The van der Waals surface area contributed by atoms with Gasteiger partial charge in [0.25, 0.3) is 0 Å². The molecule has 1 fully saturated rings. The summed E-state index contributed by atoms with van der Waals surface area (Å²) in [4.78, 5) is 19.4. The van der Waals surface area contributed by atoms with Crippen molar-refractivity contribution in [1.82, 2.24) is 25.3 Å². The number of morpholine rings is 1. The fourth-order valence-electron chi connectivity index (χ4n) is 3.53. The maximum absolute atomic E-state index is 13.9. The van der Waals surface area contributed by atoms with E-state index >= 15 is 0 Å². The number of alkyl halides is 3. The summed E-state index contributed by atoms with van der Waals surface area (Å²) >= 11 is 0. The van der Waals surface area contributed by atoms with Crippen molar-refractivity contribution < 1.29 is 22.6 Å². The first-order chi connectivity index (χ1) is 16.3. The summed E-state index contributed by atoms with van der Waals surface area (Å²) in [5, 5.41) is 3.00. The van der Waals surface area contributed by atoms with Gasteiger partial charge in [-0.2, -0.15) is 13.2 Å². The summed E-state index contributed by atoms with van der Waals surface area (Å²) in [5.41, 5.74) is 0.549. The molecule has 0 spiro atoms. The van der Waals surface area contributed by atoms with Crippen LogP contribution in [-0.2, 0) is 10.9 Å². The van der Waals surface area contributed by atoms with Gasteiger partial charge in [-0.25, -0.2) is 9.97 Å². The number of likely N-dealkylation sites (N-methyl/N-ethyl adjacent to an activating group) is 1. The van der Waals surface area contributed by atoms with Gasteiger partial charge in [0.1, 0.15) is 12.4 Å². The first-order valence-electron chi connectivity index (χ1n) is 10.8. The van der Waals surface area contributed by atoms with Crippen LogP contribution in [0, 0.1) is 6.92 Å². The quantitative estimate of drug-likeness (QED) is 0.522. The Balaban J connectivity index is 1.82. The number of pyridine rings is 2. The molecule has 3 aromatic heterocycles. The lowest BCUT2D eigenvalue weighted by atomic mass is 10.0. The minimum absolute atomic E-state index is 0.106. The molecule has 0 aliphatic carbocycles. The van der Waals surface area contributed by atoms with Crippen molar-refractivity contribution >= 4 is 5.95 Å². The van der Waals surface area contributed by atoms with Gasteiger partial charge in [0, 0.05) is 48.8 Å². The SMILES string of the molecule is CNCCOc1cncc(-c2cc(-c3cnc(C)cc3C(F)(F)F)nc(N3CCOCC3)n2)c1. The molecule has 0 saturated carbocycles. The van der Waals surface area contributed by atoms with Crippen LogP contribution in [0.15, 0.2) is 36.8 Å². The Labute approximate surface area is 195 Å². The summed E-state index contributed by atoms with van der Waals surface area (Å²) in [6, 6.07) is 4.32. The Kier molecular flexibility index (Phi) is 7.23. The number of rotatable bonds is 7. The van der Waals surface area contributed by atoms with Crippen LogP contribution in [0.1, 0.15) is 11.3 Å². The third kappa shape index (κ3) is 5.60. The van der Waals surface area contributed by atoms with E-state index in [2.05, 4.69) is 25.3 Å². The highest BCUT2D eigenvalue weighted by Gasteiger charge is 2.35. The Bertz CT molecular complexity index is 1140. The van der Waals surface area contributed by atoms with Gasteiger partial charge in [-0.05, 0) is 32.2 Å². The third-order valence-corrected chi connectivity index (χ3v) is 5.26. The molecule has 0 aromatic carbocycles. The van der Waals surface area contributed by atoms with Crippen molar-refractivity contribution in [2.24, 2.45) is 0 Å². The molecule has 1 saturated heterocycles. The predicted molar refractivity (Wildman–Crippen MR) is 121 cm³/mol. The largest absolute Gasteiger partial charge is 0.491 e. The average molecular weight is 474 g/mol. The Morgan fingerprint density at radius 1 is 1.06 bits per heavy atom. The van der Waals surface area contributed by atoms with Crippen molar-refractivity contribution in [3.8, 4) is 28.3 Å². The smallest absolute Gasteiger partial charge is 0.417 e. The molecule has 1 aliphatic rings. The molecule has 0 radical (unpaired) electrons. The zero-order valence-corrected chi connectivity index (χ0v) is 18.9. The number of hydrogen-bond acceptors (Lipinski definition) is 8. The Hall–Kier alpha value is -3.31. The van der Waals surface area contributed by atoms with E-state index in [1.54, 1.807) is 18.5 Å². The van der Waals surface area contributed by atoms with Crippen LogP contribution in [0.5, 0.6) is 5.75 Å². The zero-order chi connectivity index (χ0) is 24.1. The number of ether oxygens (including phenoxy) is 2. The highest BCUT2D eigenvalue weighted by atomic mass is 19.4. The van der Waals surface area contributed by atoms with Crippen molar-refractivity contribution in [3.05, 3.63) is 48.0 Å². The van der Waals surface area contributed by atoms with E-state index in [-0.39, 0.29) is 17.0 Å². The molecule has 11 heteroatoms. The van der Waals surface area contributed by atoms with Crippen molar-refractivity contribution in [3.63, 3.8) is 0 Å². The second-order valence-electron chi connectivity index (χ2n) is 7.77. The van der Waals surface area contributed by atoms with Crippen LogP contribution in [0.25, 0.3) is 22.5 Å². The molecule has 3 aromatic rings. The minimum atomic E-state index is -4.56. The van der Waals surface area contributed by atoms with Crippen LogP contribution in [0.4, 0.5) is 19.1 Å². The zero-order valence-electron chi connectivity index (χ0n) is 18.9. The molecule has 1 aliphatic heterocycles. The maximum atomic E-state index is 13.9. The normalized spacial score (nSPS) is 14.3. The number of hydrogen-bond donors (Lipinski definition) is 1. The lowest BCUT2D eigenvalue weighted by Crippen LogP contribution is -2.37. The van der Waals surface area contributed by atoms with Gasteiger partial charge in [-0.3, -0.25) is 9.97 Å². The standard InChI is InChI=1S/C23H25F3N6O2/c1-15-9-19(23(24,25)26)18(14-29-15)21-11-20(30-22(31-21)32-4-7-33-8-5-32)16-10-17(13-28-12-16)34-6-3-27-2/h9-14,27H,3-8H2,1-2H3. The third-order valence-electron chi connectivity index (χ3n) is 5.26. The maximum Gasteiger partial charge on any atom is 0.417 e. The van der Waals surface area contributed by atoms with Crippen molar-refractivity contribution in [1.29, 1.82) is 0 Å². The molecule has 8 nitrogen and oxygen atoms in total. The monoisotopic (exact) mass is 474 g/mol. The van der Waals surface area contributed by atoms with Crippen LogP contribution < -0.4 is 15.0 Å². The summed E-state index contributed by atoms with van der Waals surface area (Å²) in [5.74, 6) is 0.861. The van der Waals surface area contributed by atoms with Gasteiger partial charge < -0.3 is 19.7 Å². The van der Waals surface area contributed by atoms with E-state index in [4.69, 9.17) is 9.47 Å². The molecule has 0 unspecified atom stereocenters. The first-order valence-corrected chi connectivity index (χ1v) is 10.8. The van der Waals surface area contributed by atoms with Crippen LogP contribution >= 0.6 is 0 Å². The molecule has 0 amide bonds. The van der Waals surface area contributed by atoms with Gasteiger partial charge in [0.2, 0.25) is 5.95 Å². The molecule has 0 bridgehead atoms. The number of aryl methyl sites for hydroxylation is 1. The minimum Gasteiger partial charge on any atom is -0.491 e. The number of aromatic nitrogens is 4. The fourth-order valence-corrected chi connectivity index (χ4v) is 3.53. The van der Waals surface area contributed by atoms with E-state index in [1.165, 1.54) is 19.2 Å². The Morgan fingerprint density at radius 3 is 2.56 bits per heavy atom. The van der Waals surface area contributed by atoms with E-state index < -0.39 is 11.7 Å². The van der Waals surface area contributed by atoms with Gasteiger partial charge in [0.15, 0.2) is 0 Å². The van der Waals surface area contributed by atoms with E-state index in [0.717, 1.165) is 6.07 Å². The lowest BCUT2D eigenvalue weighted by Gasteiger charge is -2.27. The molecule has 4 rings (SSSR count). The lowest BCUT2D eigenvalue weighted by molar-refractivity contribution is -0.137. The molecule has 0 atom stereocenters. The van der Waals surface area contributed by atoms with Gasteiger partial charge in [0.05, 0.1) is 36.4 Å². The first kappa shape index (κ1) is 23.8. The second kappa shape index (κ2) is 10.3. The molecule has 180 valence electrons. The molecular weight excluding hydrogens is 449 g/mol. The van der Waals surface area contributed by atoms with Crippen molar-refractivity contribution in [2.75, 3.05) is 51.4 Å². The molecule has 4 heterocycles. The summed E-state index contributed by atoms with van der Waals surface area (Å²) < 4.78 is 52.7.